The van der Waals surface area contributed by atoms with Crippen LogP contribution in [0.15, 0.2) is 48.8 Å². The highest BCUT2D eigenvalue weighted by Crippen LogP contribution is 2.93. The summed E-state index contributed by atoms with van der Waals surface area (Å²) >= 11 is 0. The van der Waals surface area contributed by atoms with Crippen LogP contribution in [0.2, 0.25) is 0 Å². The SMILES string of the molecule is CN(/C=C\c1cccc(C(=O)NC2(C34CC3(C(=O)O)C4)CC2)c1)Cc1ccc(N2CCOCC2)cn1. The fourth-order valence-corrected chi connectivity index (χ4v) is 6.00. The Labute approximate surface area is 210 Å². The van der Waals surface area contributed by atoms with Crippen LogP contribution in [0.5, 0.6) is 0 Å². The largest absolute Gasteiger partial charge is 0.481 e. The average Bonchev–Trinajstić information content (AvgIpc) is 3.79. The minimum absolute atomic E-state index is 0.117. The Kier molecular flexibility index (Phi) is 5.33. The lowest BCUT2D eigenvalue weighted by Gasteiger charge is -2.28. The lowest BCUT2D eigenvalue weighted by atomic mass is 10.0. The normalized spacial score (nSPS) is 27.3. The summed E-state index contributed by atoms with van der Waals surface area (Å²) in [5.74, 6) is -0.823. The van der Waals surface area contributed by atoms with E-state index in [2.05, 4.69) is 32.2 Å². The van der Waals surface area contributed by atoms with Gasteiger partial charge in [-0.3, -0.25) is 14.6 Å². The summed E-state index contributed by atoms with van der Waals surface area (Å²) in [4.78, 5) is 33.6. The molecule has 8 heteroatoms. The van der Waals surface area contributed by atoms with E-state index in [4.69, 9.17) is 4.74 Å². The number of pyridine rings is 1. The number of carboxylic acids is 1. The van der Waals surface area contributed by atoms with Gasteiger partial charge in [0.2, 0.25) is 0 Å². The maximum absolute atomic E-state index is 13.0. The number of ether oxygens (including phenoxy) is 1. The number of hydrogen-bond acceptors (Lipinski definition) is 6. The number of anilines is 1. The number of nitrogens with zero attached hydrogens (tertiary/aromatic N) is 3. The molecule has 1 aromatic carbocycles. The highest BCUT2D eigenvalue weighted by molar-refractivity contribution is 5.96. The molecule has 0 spiro atoms. The molecule has 8 nitrogen and oxygen atoms in total. The monoisotopic (exact) mass is 488 g/mol. The molecule has 2 N–H and O–H groups in total. The van der Waals surface area contributed by atoms with Gasteiger partial charge >= 0.3 is 5.97 Å². The van der Waals surface area contributed by atoms with Crippen molar-refractivity contribution in [1.82, 2.24) is 15.2 Å². The Balaban J connectivity index is 1.05. The van der Waals surface area contributed by atoms with Gasteiger partial charge in [-0.25, -0.2) is 0 Å². The Bertz CT molecular complexity index is 1210. The highest BCUT2D eigenvalue weighted by atomic mass is 16.5. The summed E-state index contributed by atoms with van der Waals surface area (Å²) in [6.07, 6.45) is 9.06. The predicted molar refractivity (Wildman–Crippen MR) is 135 cm³/mol. The number of morpholine rings is 1. The van der Waals surface area contributed by atoms with E-state index in [0.717, 1.165) is 56.1 Å². The van der Waals surface area contributed by atoms with Crippen molar-refractivity contribution in [2.45, 2.75) is 37.8 Å². The van der Waals surface area contributed by atoms with E-state index >= 15 is 0 Å². The number of carbonyl (C=O) groups is 2. The summed E-state index contributed by atoms with van der Waals surface area (Å²) in [7, 11) is 2.00. The van der Waals surface area contributed by atoms with Crippen molar-refractivity contribution in [2.75, 3.05) is 38.3 Å². The zero-order valence-electron chi connectivity index (χ0n) is 20.6. The van der Waals surface area contributed by atoms with Gasteiger partial charge in [0, 0.05) is 36.7 Å². The Hall–Kier alpha value is -3.39. The van der Waals surface area contributed by atoms with Gasteiger partial charge in [0.25, 0.3) is 5.91 Å². The number of hydrogen-bond donors (Lipinski definition) is 2. The minimum Gasteiger partial charge on any atom is -0.481 e. The Morgan fingerprint density at radius 1 is 1.19 bits per heavy atom. The molecule has 1 aromatic heterocycles. The summed E-state index contributed by atoms with van der Waals surface area (Å²) in [6.45, 7) is 3.98. The van der Waals surface area contributed by atoms with Gasteiger partial charge in [0.1, 0.15) is 0 Å². The van der Waals surface area contributed by atoms with E-state index in [1.807, 2.05) is 49.8 Å². The Morgan fingerprint density at radius 2 is 1.97 bits per heavy atom. The van der Waals surface area contributed by atoms with Crippen molar-refractivity contribution >= 4 is 23.6 Å². The molecule has 3 saturated carbocycles. The number of benzene rings is 1. The molecule has 2 heterocycles. The van der Waals surface area contributed by atoms with E-state index in [-0.39, 0.29) is 16.9 Å². The zero-order valence-corrected chi connectivity index (χ0v) is 20.6. The van der Waals surface area contributed by atoms with Gasteiger partial charge in [0.15, 0.2) is 0 Å². The first-order valence-electron chi connectivity index (χ1n) is 12.7. The van der Waals surface area contributed by atoms with Gasteiger partial charge in [-0.2, -0.15) is 0 Å². The van der Waals surface area contributed by atoms with Crippen molar-refractivity contribution < 1.29 is 19.4 Å². The molecule has 4 aliphatic rings. The summed E-state index contributed by atoms with van der Waals surface area (Å²) in [5.41, 5.74) is 2.56. The summed E-state index contributed by atoms with van der Waals surface area (Å²) < 4.78 is 5.42. The lowest BCUT2D eigenvalue weighted by Crippen LogP contribution is -2.41. The minimum atomic E-state index is -0.706. The van der Waals surface area contributed by atoms with E-state index in [1.165, 1.54) is 0 Å². The molecule has 0 radical (unpaired) electrons. The molecule has 36 heavy (non-hydrogen) atoms. The quantitative estimate of drug-likeness (QED) is 0.560. The third kappa shape index (κ3) is 3.84. The standard InChI is InChI=1S/C28H32N4O4/c1-31(17-22-5-6-23(16-29-22)32-11-13-36-14-12-32)10-7-20-3-2-4-21(15-20)24(33)30-28(8-9-28)27-18-26(27,19-27)25(34)35/h2-7,10,15-16H,8-9,11-14,17-19H2,1H3,(H,30,33)(H,34,35)/b10-7-. The summed E-state index contributed by atoms with van der Waals surface area (Å²) in [5, 5.41) is 12.7. The number of amides is 1. The van der Waals surface area contributed by atoms with Crippen molar-refractivity contribution in [3.05, 3.63) is 65.6 Å². The van der Waals surface area contributed by atoms with Gasteiger partial charge in [-0.1, -0.05) is 12.1 Å². The third-order valence-corrected chi connectivity index (χ3v) is 8.57. The molecule has 0 unspecified atom stereocenters. The number of rotatable bonds is 9. The van der Waals surface area contributed by atoms with Crippen molar-refractivity contribution in [1.29, 1.82) is 0 Å². The third-order valence-electron chi connectivity index (χ3n) is 8.57. The Morgan fingerprint density at radius 3 is 2.61 bits per heavy atom. The fourth-order valence-electron chi connectivity index (χ4n) is 6.00. The highest BCUT2D eigenvalue weighted by Gasteiger charge is 2.95. The number of aromatic nitrogens is 1. The molecular formula is C28H32N4O4. The molecule has 0 atom stereocenters. The van der Waals surface area contributed by atoms with Gasteiger partial charge in [0.05, 0.1) is 42.8 Å². The molecule has 3 aliphatic carbocycles. The number of carbonyl (C=O) groups excluding carboxylic acids is 1. The second-order valence-electron chi connectivity index (χ2n) is 10.8. The zero-order chi connectivity index (χ0) is 25.0. The number of aliphatic carboxylic acids is 1. The van der Waals surface area contributed by atoms with Crippen molar-refractivity contribution in [3.63, 3.8) is 0 Å². The van der Waals surface area contributed by atoms with Crippen LogP contribution in [0.25, 0.3) is 6.08 Å². The first-order chi connectivity index (χ1) is 17.4. The van der Waals surface area contributed by atoms with Crippen molar-refractivity contribution in [3.8, 4) is 0 Å². The van der Waals surface area contributed by atoms with Crippen LogP contribution in [0, 0.1) is 10.8 Å². The topological polar surface area (TPSA) is 95.0 Å². The molecule has 188 valence electrons. The van der Waals surface area contributed by atoms with Crippen LogP contribution < -0.4 is 10.2 Å². The van der Waals surface area contributed by atoms with E-state index in [0.29, 0.717) is 24.9 Å². The van der Waals surface area contributed by atoms with Crippen LogP contribution in [0.4, 0.5) is 5.69 Å². The maximum atomic E-state index is 13.0. The molecule has 1 aliphatic heterocycles. The molecular weight excluding hydrogens is 456 g/mol. The van der Waals surface area contributed by atoms with Crippen molar-refractivity contribution in [2.24, 2.45) is 10.8 Å². The molecule has 0 bridgehead atoms. The average molecular weight is 489 g/mol. The lowest BCUT2D eigenvalue weighted by molar-refractivity contribution is -0.141. The van der Waals surface area contributed by atoms with Gasteiger partial charge in [-0.05, 0) is 67.8 Å². The number of nitrogens with one attached hydrogen (secondary N) is 1. The predicted octanol–water partition coefficient (Wildman–Crippen LogP) is 3.15. The van der Waals surface area contributed by atoms with Gasteiger partial charge < -0.3 is 25.0 Å². The van der Waals surface area contributed by atoms with E-state index in [1.54, 1.807) is 0 Å². The second kappa shape index (κ2) is 8.34. The fraction of sp³-hybridized carbons (Fsp3) is 0.464. The van der Waals surface area contributed by atoms with Crippen LogP contribution in [-0.4, -0.2) is 65.8 Å². The maximum Gasteiger partial charge on any atom is 0.310 e. The number of fused-ring (bicyclic) bond motifs is 1. The smallest absolute Gasteiger partial charge is 0.310 e. The molecule has 6 rings (SSSR count). The van der Waals surface area contributed by atoms with E-state index in [9.17, 15) is 14.7 Å². The van der Waals surface area contributed by atoms with Crippen LogP contribution in [0.1, 0.15) is 47.3 Å². The van der Waals surface area contributed by atoms with Crippen LogP contribution >= 0.6 is 0 Å². The molecule has 2 aromatic rings. The molecule has 1 saturated heterocycles. The summed E-state index contributed by atoms with van der Waals surface area (Å²) in [6, 6.07) is 11.7. The van der Waals surface area contributed by atoms with Crippen LogP contribution in [-0.2, 0) is 16.1 Å². The first kappa shape index (κ1) is 23.0. The molecule has 1 amide bonds. The van der Waals surface area contributed by atoms with Crippen LogP contribution in [0.3, 0.4) is 0 Å². The first-order valence-corrected chi connectivity index (χ1v) is 12.7. The second-order valence-corrected chi connectivity index (χ2v) is 10.8. The van der Waals surface area contributed by atoms with Gasteiger partial charge in [-0.15, -0.1) is 0 Å². The van der Waals surface area contributed by atoms with E-state index < -0.39 is 11.4 Å². The number of carboxylic acid groups (broad SMARTS) is 1. The molecule has 4 fully saturated rings.